The third-order valence-corrected chi connectivity index (χ3v) is 5.42. The van der Waals surface area contributed by atoms with E-state index in [-0.39, 0.29) is 18.4 Å². The maximum absolute atomic E-state index is 12.5. The van der Waals surface area contributed by atoms with Gasteiger partial charge in [0, 0.05) is 0 Å². The van der Waals surface area contributed by atoms with Crippen molar-refractivity contribution in [3.8, 4) is 0 Å². The van der Waals surface area contributed by atoms with E-state index < -0.39 is 0 Å². The van der Waals surface area contributed by atoms with Gasteiger partial charge in [0.05, 0.1) is 33.5 Å². The molecule has 4 nitrogen and oxygen atoms in total. The smallest absolute Gasteiger partial charge is 0.225 e. The number of aromatic nitrogens is 2. The van der Waals surface area contributed by atoms with Gasteiger partial charge in [-0.25, -0.2) is 4.98 Å². The standard InChI is InChI=1S/C19H19Cl2N3OS/c1-26-9-8-17(19-23-15-4-2-3-5-16(15)24-19)22-18(25)11-12-6-7-13(20)14(21)10-12/h2-7,10,17H,8-9,11H2,1H3,(H,22,25)(H,23,24)/t17-/m0/s1. The van der Waals surface area contributed by atoms with Crippen LogP contribution in [0.4, 0.5) is 0 Å². The van der Waals surface area contributed by atoms with E-state index >= 15 is 0 Å². The van der Waals surface area contributed by atoms with Crippen molar-refractivity contribution >= 4 is 51.9 Å². The van der Waals surface area contributed by atoms with Crippen LogP contribution in [-0.2, 0) is 11.2 Å². The van der Waals surface area contributed by atoms with Gasteiger partial charge < -0.3 is 10.3 Å². The summed E-state index contributed by atoms with van der Waals surface area (Å²) in [7, 11) is 0. The van der Waals surface area contributed by atoms with Crippen LogP contribution in [0.3, 0.4) is 0 Å². The highest BCUT2D eigenvalue weighted by Gasteiger charge is 2.18. The first-order valence-corrected chi connectivity index (χ1v) is 10.4. The molecule has 3 rings (SSSR count). The van der Waals surface area contributed by atoms with Gasteiger partial charge in [-0.3, -0.25) is 4.79 Å². The van der Waals surface area contributed by atoms with Gasteiger partial charge >= 0.3 is 0 Å². The molecular formula is C19H19Cl2N3OS. The average molecular weight is 408 g/mol. The minimum Gasteiger partial charge on any atom is -0.346 e. The van der Waals surface area contributed by atoms with Crippen LogP contribution < -0.4 is 5.32 Å². The van der Waals surface area contributed by atoms with Gasteiger partial charge in [0.1, 0.15) is 5.82 Å². The number of nitrogens with one attached hydrogen (secondary N) is 2. The third kappa shape index (κ3) is 4.72. The van der Waals surface area contributed by atoms with Crippen LogP contribution in [0.2, 0.25) is 10.0 Å². The molecule has 26 heavy (non-hydrogen) atoms. The molecule has 7 heteroatoms. The van der Waals surface area contributed by atoms with Gasteiger partial charge in [0.15, 0.2) is 0 Å². The Kier molecular flexibility index (Phi) is 6.46. The molecule has 1 heterocycles. The Balaban J connectivity index is 1.74. The van der Waals surface area contributed by atoms with E-state index in [9.17, 15) is 4.79 Å². The Morgan fingerprint density at radius 2 is 2.04 bits per heavy atom. The molecule has 0 aliphatic carbocycles. The molecule has 0 aliphatic rings. The Labute approximate surface area is 166 Å². The van der Waals surface area contributed by atoms with E-state index in [4.69, 9.17) is 23.2 Å². The maximum atomic E-state index is 12.5. The molecule has 0 aliphatic heterocycles. The SMILES string of the molecule is CSCC[C@H](NC(=O)Cc1ccc(Cl)c(Cl)c1)c1nc2ccccc2[nH]1. The molecule has 2 N–H and O–H groups in total. The zero-order chi connectivity index (χ0) is 18.5. The van der Waals surface area contributed by atoms with Crippen molar-refractivity contribution in [1.29, 1.82) is 0 Å². The highest BCUT2D eigenvalue weighted by atomic mass is 35.5. The Morgan fingerprint density at radius 1 is 1.23 bits per heavy atom. The fourth-order valence-corrected chi connectivity index (χ4v) is 3.52. The van der Waals surface area contributed by atoms with Crippen molar-refractivity contribution in [2.24, 2.45) is 0 Å². The number of fused-ring (bicyclic) bond motifs is 1. The summed E-state index contributed by atoms with van der Waals surface area (Å²) in [5.41, 5.74) is 2.69. The quantitative estimate of drug-likeness (QED) is 0.577. The van der Waals surface area contributed by atoms with Gasteiger partial charge in [-0.2, -0.15) is 11.8 Å². The highest BCUT2D eigenvalue weighted by molar-refractivity contribution is 7.98. The number of carbonyl (C=O) groups is 1. The first kappa shape index (κ1) is 19.1. The minimum absolute atomic E-state index is 0.0741. The fourth-order valence-electron chi connectivity index (χ4n) is 2.73. The van der Waals surface area contributed by atoms with E-state index in [1.165, 1.54) is 0 Å². The molecule has 1 aromatic heterocycles. The largest absolute Gasteiger partial charge is 0.346 e. The van der Waals surface area contributed by atoms with Gasteiger partial charge in [-0.1, -0.05) is 41.4 Å². The second-order valence-electron chi connectivity index (χ2n) is 5.97. The number of benzene rings is 2. The van der Waals surface area contributed by atoms with Crippen LogP contribution in [0.1, 0.15) is 23.9 Å². The first-order valence-electron chi connectivity index (χ1n) is 8.23. The topological polar surface area (TPSA) is 57.8 Å². The highest BCUT2D eigenvalue weighted by Crippen LogP contribution is 2.23. The molecule has 0 saturated heterocycles. The van der Waals surface area contributed by atoms with Crippen LogP contribution in [0.25, 0.3) is 11.0 Å². The number of thioether (sulfide) groups is 1. The zero-order valence-corrected chi connectivity index (χ0v) is 16.6. The predicted molar refractivity (Wildman–Crippen MR) is 110 cm³/mol. The van der Waals surface area contributed by atoms with Crippen LogP contribution in [0.5, 0.6) is 0 Å². The molecule has 3 aromatic rings. The number of hydrogen-bond acceptors (Lipinski definition) is 3. The van der Waals surface area contributed by atoms with Gasteiger partial charge in [0.25, 0.3) is 0 Å². The normalized spacial score (nSPS) is 12.3. The van der Waals surface area contributed by atoms with Gasteiger partial charge in [-0.15, -0.1) is 0 Å². The van der Waals surface area contributed by atoms with Crippen molar-refractivity contribution in [2.45, 2.75) is 18.9 Å². The molecule has 1 amide bonds. The summed E-state index contributed by atoms with van der Waals surface area (Å²) in [5, 5.41) is 4.02. The number of amides is 1. The van der Waals surface area contributed by atoms with Gasteiger partial charge in [-0.05, 0) is 48.3 Å². The summed E-state index contributed by atoms with van der Waals surface area (Å²) >= 11 is 13.7. The molecule has 0 saturated carbocycles. The molecular weight excluding hydrogens is 389 g/mol. The lowest BCUT2D eigenvalue weighted by Crippen LogP contribution is -2.31. The fraction of sp³-hybridized carbons (Fsp3) is 0.263. The van der Waals surface area contributed by atoms with E-state index in [0.717, 1.165) is 34.6 Å². The summed E-state index contributed by atoms with van der Waals surface area (Å²) in [5.74, 6) is 1.63. The number of H-pyrrole nitrogens is 1. The van der Waals surface area contributed by atoms with Crippen LogP contribution in [-0.4, -0.2) is 27.9 Å². The van der Waals surface area contributed by atoms with E-state index in [0.29, 0.717) is 10.0 Å². The number of aromatic amines is 1. The lowest BCUT2D eigenvalue weighted by atomic mass is 10.1. The molecule has 0 radical (unpaired) electrons. The Bertz CT molecular complexity index is 880. The van der Waals surface area contributed by atoms with Crippen molar-refractivity contribution in [1.82, 2.24) is 15.3 Å². The van der Waals surface area contributed by atoms with E-state index in [1.807, 2.05) is 36.6 Å². The van der Waals surface area contributed by atoms with Crippen LogP contribution in [0, 0.1) is 0 Å². The number of nitrogens with zero attached hydrogens (tertiary/aromatic N) is 1. The molecule has 0 spiro atoms. The molecule has 1 atom stereocenters. The van der Waals surface area contributed by atoms with E-state index in [1.54, 1.807) is 23.9 Å². The molecule has 0 fully saturated rings. The number of imidazole rings is 1. The minimum atomic E-state index is -0.162. The lowest BCUT2D eigenvalue weighted by Gasteiger charge is -2.16. The maximum Gasteiger partial charge on any atom is 0.225 e. The number of para-hydroxylation sites is 2. The first-order chi connectivity index (χ1) is 12.6. The van der Waals surface area contributed by atoms with Crippen LogP contribution in [0.15, 0.2) is 42.5 Å². The number of carbonyl (C=O) groups excluding carboxylic acids is 1. The van der Waals surface area contributed by atoms with Crippen molar-refractivity contribution in [3.05, 3.63) is 63.9 Å². The van der Waals surface area contributed by atoms with Crippen molar-refractivity contribution in [2.75, 3.05) is 12.0 Å². The molecule has 0 bridgehead atoms. The average Bonchev–Trinajstić information content (AvgIpc) is 3.05. The Hall–Kier alpha value is -1.69. The number of hydrogen-bond donors (Lipinski definition) is 2. The predicted octanol–water partition coefficient (Wildman–Crippen LogP) is 5.02. The third-order valence-electron chi connectivity index (χ3n) is 4.03. The number of halogens is 2. The van der Waals surface area contributed by atoms with E-state index in [2.05, 4.69) is 15.3 Å². The Morgan fingerprint density at radius 3 is 2.77 bits per heavy atom. The lowest BCUT2D eigenvalue weighted by molar-refractivity contribution is -0.121. The molecule has 0 unspecified atom stereocenters. The summed E-state index contributed by atoms with van der Waals surface area (Å²) in [6, 6.07) is 12.9. The second kappa shape index (κ2) is 8.80. The van der Waals surface area contributed by atoms with Crippen molar-refractivity contribution < 1.29 is 4.79 Å². The van der Waals surface area contributed by atoms with Gasteiger partial charge in [0.2, 0.25) is 5.91 Å². The monoisotopic (exact) mass is 407 g/mol. The summed E-state index contributed by atoms with van der Waals surface area (Å²) in [6.45, 7) is 0. The number of rotatable bonds is 7. The molecule has 2 aromatic carbocycles. The summed E-state index contributed by atoms with van der Waals surface area (Å²) < 4.78 is 0. The van der Waals surface area contributed by atoms with Crippen molar-refractivity contribution in [3.63, 3.8) is 0 Å². The summed E-state index contributed by atoms with van der Waals surface area (Å²) in [4.78, 5) is 20.5. The zero-order valence-electron chi connectivity index (χ0n) is 14.3. The molecule has 136 valence electrons. The summed E-state index contributed by atoms with van der Waals surface area (Å²) in [6.07, 6.45) is 3.09. The van der Waals surface area contributed by atoms with Crippen LogP contribution >= 0.6 is 35.0 Å². The second-order valence-corrected chi connectivity index (χ2v) is 7.77.